The van der Waals surface area contributed by atoms with E-state index in [1.165, 1.54) is 0 Å². The first-order valence-corrected chi connectivity index (χ1v) is 5.99. The van der Waals surface area contributed by atoms with Gasteiger partial charge in [0, 0.05) is 5.88 Å². The Morgan fingerprint density at radius 2 is 1.89 bits per heavy atom. The van der Waals surface area contributed by atoms with Crippen LogP contribution in [0.2, 0.25) is 0 Å². The molecule has 1 amide bonds. The molecule has 6 heteroatoms. The molecule has 0 fully saturated rings. The average Bonchev–Trinajstić information content (AvgIpc) is 2.30. The van der Waals surface area contributed by atoms with Gasteiger partial charge in [0.1, 0.15) is 5.75 Å². The van der Waals surface area contributed by atoms with Crippen LogP contribution in [-0.2, 0) is 0 Å². The van der Waals surface area contributed by atoms with Crippen molar-refractivity contribution in [2.24, 2.45) is 5.29 Å². The third kappa shape index (κ3) is 3.43. The van der Waals surface area contributed by atoms with E-state index in [1.54, 1.807) is 0 Å². The Morgan fingerprint density at radius 1 is 1.33 bits per heavy atom. The van der Waals surface area contributed by atoms with Crippen molar-refractivity contribution in [1.29, 1.82) is 0 Å². The predicted octanol–water partition coefficient (Wildman–Crippen LogP) is 3.33. The Morgan fingerprint density at radius 3 is 2.33 bits per heavy atom. The highest BCUT2D eigenvalue weighted by Gasteiger charge is 2.18. The van der Waals surface area contributed by atoms with Crippen LogP contribution in [0.3, 0.4) is 0 Å². The molecule has 0 unspecified atom stereocenters. The summed E-state index contributed by atoms with van der Waals surface area (Å²) in [6, 6.07) is 3.80. The molecule has 98 valence electrons. The fraction of sp³-hybridized carbons (Fsp3) is 0.417. The molecular weight excluding hydrogens is 256 g/mol. The van der Waals surface area contributed by atoms with Gasteiger partial charge >= 0.3 is 6.09 Å². The third-order valence-corrected chi connectivity index (χ3v) is 2.57. The average molecular weight is 271 g/mol. The van der Waals surface area contributed by atoms with Crippen molar-refractivity contribution in [2.45, 2.75) is 20.8 Å². The minimum atomic E-state index is -0.819. The van der Waals surface area contributed by atoms with Gasteiger partial charge in [0.25, 0.3) is 0 Å². The van der Waals surface area contributed by atoms with Crippen molar-refractivity contribution in [3.05, 3.63) is 33.7 Å². The number of carbonyl (C=O) groups is 1. The molecule has 0 heterocycles. The number of nitrogens with zero attached hydrogens (tertiary/aromatic N) is 2. The summed E-state index contributed by atoms with van der Waals surface area (Å²) in [6.45, 7) is 5.65. The van der Waals surface area contributed by atoms with E-state index < -0.39 is 6.09 Å². The smallest absolute Gasteiger partial charge is 0.408 e. The van der Waals surface area contributed by atoms with Crippen LogP contribution < -0.4 is 4.74 Å². The van der Waals surface area contributed by atoms with Gasteiger partial charge < -0.3 is 4.74 Å². The van der Waals surface area contributed by atoms with Crippen LogP contribution in [0.25, 0.3) is 0 Å². The minimum absolute atomic E-state index is 0.0217. The second kappa shape index (κ2) is 6.35. The Kier molecular flexibility index (Phi) is 5.09. The molecule has 0 aliphatic carbocycles. The number of halogens is 1. The van der Waals surface area contributed by atoms with E-state index in [4.69, 9.17) is 16.3 Å². The molecule has 0 saturated carbocycles. The molecule has 0 atom stereocenters. The third-order valence-electron chi connectivity index (χ3n) is 2.40. The number of ether oxygens (including phenoxy) is 1. The second-order valence-electron chi connectivity index (χ2n) is 3.99. The highest BCUT2D eigenvalue weighted by atomic mass is 35.5. The highest BCUT2D eigenvalue weighted by molar-refractivity contribution is 6.18. The number of benzene rings is 1. The molecule has 0 radical (unpaired) electrons. The van der Waals surface area contributed by atoms with E-state index in [2.05, 4.69) is 5.29 Å². The zero-order valence-corrected chi connectivity index (χ0v) is 11.3. The predicted molar refractivity (Wildman–Crippen MR) is 69.9 cm³/mol. The largest absolute Gasteiger partial charge is 0.438 e. The number of aryl methyl sites for hydroxylation is 3. The first-order valence-electron chi connectivity index (χ1n) is 5.46. The minimum Gasteiger partial charge on any atom is -0.408 e. The van der Waals surface area contributed by atoms with E-state index in [0.29, 0.717) is 10.8 Å². The summed E-state index contributed by atoms with van der Waals surface area (Å²) in [6.07, 6.45) is -0.819. The Bertz CT molecular complexity index is 440. The van der Waals surface area contributed by atoms with Crippen molar-refractivity contribution in [3.8, 4) is 5.75 Å². The molecule has 0 aromatic heterocycles. The van der Waals surface area contributed by atoms with E-state index >= 15 is 0 Å². The van der Waals surface area contributed by atoms with Gasteiger partial charge in [0.2, 0.25) is 0 Å². The molecule has 0 aliphatic heterocycles. The van der Waals surface area contributed by atoms with Gasteiger partial charge in [-0.2, -0.15) is 5.01 Å². The topological polar surface area (TPSA) is 59.0 Å². The maximum atomic E-state index is 11.7. The van der Waals surface area contributed by atoms with Crippen molar-refractivity contribution in [3.63, 3.8) is 0 Å². The standard InChI is InChI=1S/C12H15ClN2O3/c1-8-6-9(2)11(10(3)7-8)18-12(16)15(14-17)5-4-13/h6-7H,4-5H2,1-3H3. The van der Waals surface area contributed by atoms with Crippen LogP contribution in [0.5, 0.6) is 5.75 Å². The van der Waals surface area contributed by atoms with Gasteiger partial charge in [0.05, 0.1) is 11.8 Å². The van der Waals surface area contributed by atoms with E-state index in [1.807, 2.05) is 32.9 Å². The summed E-state index contributed by atoms with van der Waals surface area (Å²) in [4.78, 5) is 22.1. The monoisotopic (exact) mass is 270 g/mol. The zero-order valence-electron chi connectivity index (χ0n) is 10.6. The van der Waals surface area contributed by atoms with E-state index in [-0.39, 0.29) is 12.4 Å². The number of rotatable bonds is 4. The summed E-state index contributed by atoms with van der Waals surface area (Å²) in [5.41, 5.74) is 2.74. The summed E-state index contributed by atoms with van der Waals surface area (Å²) in [5, 5.41) is 3.23. The number of hydrogen-bond donors (Lipinski definition) is 0. The van der Waals surface area contributed by atoms with Crippen molar-refractivity contribution in [2.75, 3.05) is 12.4 Å². The molecule has 1 aromatic rings. The maximum absolute atomic E-state index is 11.7. The first kappa shape index (κ1) is 14.4. The van der Waals surface area contributed by atoms with Crippen LogP contribution >= 0.6 is 11.6 Å². The SMILES string of the molecule is Cc1cc(C)c(OC(=O)N(CCCl)N=O)c(C)c1. The quantitative estimate of drug-likeness (QED) is 0.479. The van der Waals surface area contributed by atoms with Crippen LogP contribution in [0.15, 0.2) is 17.4 Å². The molecule has 0 bridgehead atoms. The van der Waals surface area contributed by atoms with E-state index in [0.717, 1.165) is 16.7 Å². The lowest BCUT2D eigenvalue weighted by Gasteiger charge is -2.15. The molecule has 0 saturated heterocycles. The van der Waals surface area contributed by atoms with Crippen molar-refractivity contribution in [1.82, 2.24) is 5.01 Å². The van der Waals surface area contributed by atoms with Crippen molar-refractivity contribution < 1.29 is 9.53 Å². The lowest BCUT2D eigenvalue weighted by molar-refractivity contribution is 0.155. The highest BCUT2D eigenvalue weighted by Crippen LogP contribution is 2.25. The Hall–Kier alpha value is -1.62. The molecule has 0 aliphatic rings. The van der Waals surface area contributed by atoms with Crippen LogP contribution in [0.4, 0.5) is 4.79 Å². The van der Waals surface area contributed by atoms with E-state index in [9.17, 15) is 9.70 Å². The lowest BCUT2D eigenvalue weighted by atomic mass is 10.1. The normalized spacial score (nSPS) is 10.0. The molecule has 1 aromatic carbocycles. The van der Waals surface area contributed by atoms with Gasteiger partial charge in [-0.1, -0.05) is 17.7 Å². The summed E-state index contributed by atoms with van der Waals surface area (Å²) in [5.74, 6) is 0.570. The molecule has 0 spiro atoms. The van der Waals surface area contributed by atoms with Gasteiger partial charge in [-0.05, 0) is 31.9 Å². The Labute approximate surface area is 111 Å². The van der Waals surface area contributed by atoms with Gasteiger partial charge in [-0.3, -0.25) is 0 Å². The van der Waals surface area contributed by atoms with Gasteiger partial charge in [-0.25, -0.2) is 4.79 Å². The molecule has 18 heavy (non-hydrogen) atoms. The summed E-state index contributed by atoms with van der Waals surface area (Å²) >= 11 is 5.46. The Balaban J connectivity index is 2.91. The fourth-order valence-electron chi connectivity index (χ4n) is 1.71. The van der Waals surface area contributed by atoms with Gasteiger partial charge in [0.15, 0.2) is 0 Å². The maximum Gasteiger partial charge on any atom is 0.438 e. The molecule has 1 rings (SSSR count). The number of nitroso groups, excluding NO2 is 1. The lowest BCUT2D eigenvalue weighted by Crippen LogP contribution is -2.30. The zero-order chi connectivity index (χ0) is 13.7. The molecule has 0 N–H and O–H groups in total. The first-order chi connectivity index (χ1) is 8.49. The molecule has 5 nitrogen and oxygen atoms in total. The number of alkyl halides is 1. The fourth-order valence-corrected chi connectivity index (χ4v) is 1.87. The van der Waals surface area contributed by atoms with Crippen LogP contribution in [0.1, 0.15) is 16.7 Å². The number of carbonyl (C=O) groups excluding carboxylic acids is 1. The van der Waals surface area contributed by atoms with Gasteiger partial charge in [-0.15, -0.1) is 16.5 Å². The summed E-state index contributed by atoms with van der Waals surface area (Å²) < 4.78 is 5.17. The summed E-state index contributed by atoms with van der Waals surface area (Å²) in [7, 11) is 0. The van der Waals surface area contributed by atoms with Crippen LogP contribution in [0, 0.1) is 25.7 Å². The number of hydrogen-bond acceptors (Lipinski definition) is 4. The van der Waals surface area contributed by atoms with Crippen molar-refractivity contribution >= 4 is 17.7 Å². The van der Waals surface area contributed by atoms with Crippen LogP contribution in [-0.4, -0.2) is 23.5 Å². The number of amides is 1. The molecular formula is C12H15ClN2O3. The second-order valence-corrected chi connectivity index (χ2v) is 4.37.